The van der Waals surface area contributed by atoms with E-state index in [0.717, 1.165) is 11.1 Å². The lowest BCUT2D eigenvalue weighted by Gasteiger charge is -2.07. The standard InChI is InChI=1S/C19H11ClN4O/c20-12-8-9-14-16(11-12)22-18-15-7-4-10-21-17(15)23(24(18)19(14)25)13-5-2-1-3-6-13/h1-11H. The van der Waals surface area contributed by atoms with Crippen LogP contribution in [0, 0.1) is 0 Å². The molecule has 5 rings (SSSR count). The normalized spacial score (nSPS) is 11.6. The van der Waals surface area contributed by atoms with Crippen LogP contribution in [0.4, 0.5) is 0 Å². The minimum Gasteiger partial charge on any atom is -0.267 e. The van der Waals surface area contributed by atoms with Gasteiger partial charge in [-0.2, -0.15) is 4.52 Å². The molecule has 5 nitrogen and oxygen atoms in total. The highest BCUT2D eigenvalue weighted by atomic mass is 35.5. The average Bonchev–Trinajstić information content (AvgIpc) is 2.97. The quantitative estimate of drug-likeness (QED) is 0.463. The van der Waals surface area contributed by atoms with Crippen molar-refractivity contribution in [2.45, 2.75) is 0 Å². The Bertz CT molecular complexity index is 1320. The third-order valence-electron chi connectivity index (χ3n) is 4.24. The Hall–Kier alpha value is -3.18. The van der Waals surface area contributed by atoms with Crippen LogP contribution >= 0.6 is 11.6 Å². The van der Waals surface area contributed by atoms with Crippen LogP contribution in [-0.4, -0.2) is 19.2 Å². The Balaban J connectivity index is 2.08. The molecule has 0 fully saturated rings. The monoisotopic (exact) mass is 346 g/mol. The highest BCUT2D eigenvalue weighted by molar-refractivity contribution is 6.31. The zero-order chi connectivity index (χ0) is 17.0. The fourth-order valence-electron chi connectivity index (χ4n) is 3.15. The van der Waals surface area contributed by atoms with Crippen molar-refractivity contribution in [2.24, 2.45) is 0 Å². The summed E-state index contributed by atoms with van der Waals surface area (Å²) in [5.41, 5.74) is 2.51. The van der Waals surface area contributed by atoms with Crippen molar-refractivity contribution in [3.63, 3.8) is 0 Å². The third kappa shape index (κ3) is 1.99. The molecule has 2 aromatic carbocycles. The fourth-order valence-corrected chi connectivity index (χ4v) is 3.32. The van der Waals surface area contributed by atoms with Crippen LogP contribution in [0.5, 0.6) is 0 Å². The summed E-state index contributed by atoms with van der Waals surface area (Å²) in [4.78, 5) is 22.4. The van der Waals surface area contributed by atoms with Crippen LogP contribution in [0.3, 0.4) is 0 Å². The van der Waals surface area contributed by atoms with Crippen LogP contribution in [0.25, 0.3) is 33.3 Å². The molecule has 3 heterocycles. The van der Waals surface area contributed by atoms with Crippen molar-refractivity contribution in [1.29, 1.82) is 0 Å². The number of rotatable bonds is 1. The number of hydrogen-bond donors (Lipinski definition) is 0. The summed E-state index contributed by atoms with van der Waals surface area (Å²) in [6.45, 7) is 0. The number of nitrogens with zero attached hydrogens (tertiary/aromatic N) is 4. The second kappa shape index (κ2) is 5.16. The molecule has 3 aromatic heterocycles. The highest BCUT2D eigenvalue weighted by Crippen LogP contribution is 2.24. The van der Waals surface area contributed by atoms with Gasteiger partial charge in [-0.25, -0.2) is 14.6 Å². The predicted octanol–water partition coefficient (Wildman–Crippen LogP) is 3.84. The molecule has 0 aliphatic heterocycles. The van der Waals surface area contributed by atoms with Crippen molar-refractivity contribution < 1.29 is 0 Å². The van der Waals surface area contributed by atoms with Gasteiger partial charge in [-0.15, -0.1) is 0 Å². The van der Waals surface area contributed by atoms with E-state index in [2.05, 4.69) is 4.98 Å². The summed E-state index contributed by atoms with van der Waals surface area (Å²) in [6.07, 6.45) is 1.71. The lowest BCUT2D eigenvalue weighted by Crippen LogP contribution is -2.20. The molecule has 0 radical (unpaired) electrons. The van der Waals surface area contributed by atoms with Crippen LogP contribution in [-0.2, 0) is 0 Å². The molecule has 0 aliphatic carbocycles. The number of para-hydroxylation sites is 1. The summed E-state index contributed by atoms with van der Waals surface area (Å²) in [5, 5.41) is 1.88. The first kappa shape index (κ1) is 14.2. The van der Waals surface area contributed by atoms with E-state index in [0.29, 0.717) is 27.2 Å². The zero-order valence-corrected chi connectivity index (χ0v) is 13.7. The first-order valence-corrected chi connectivity index (χ1v) is 8.15. The molecule has 0 saturated carbocycles. The minimum absolute atomic E-state index is 0.154. The van der Waals surface area contributed by atoms with Crippen LogP contribution in [0.2, 0.25) is 5.02 Å². The predicted molar refractivity (Wildman–Crippen MR) is 98.6 cm³/mol. The van der Waals surface area contributed by atoms with E-state index < -0.39 is 0 Å². The molecule has 0 spiro atoms. The Labute approximate surface area is 146 Å². The number of benzene rings is 2. The van der Waals surface area contributed by atoms with Crippen molar-refractivity contribution in [3.8, 4) is 5.69 Å². The maximum Gasteiger partial charge on any atom is 0.281 e. The lowest BCUT2D eigenvalue weighted by molar-refractivity contribution is 0.786. The molecule has 5 aromatic rings. The van der Waals surface area contributed by atoms with Gasteiger partial charge in [0, 0.05) is 11.2 Å². The SMILES string of the molecule is O=c1c2ccc(Cl)cc2nc2c3cccnc3n(-c3ccccc3)n12. The van der Waals surface area contributed by atoms with E-state index in [1.54, 1.807) is 33.6 Å². The largest absolute Gasteiger partial charge is 0.281 e. The van der Waals surface area contributed by atoms with Gasteiger partial charge in [0.15, 0.2) is 11.3 Å². The lowest BCUT2D eigenvalue weighted by atomic mass is 10.2. The molecule has 0 saturated heterocycles. The van der Waals surface area contributed by atoms with E-state index in [9.17, 15) is 4.79 Å². The second-order valence-electron chi connectivity index (χ2n) is 5.74. The second-order valence-corrected chi connectivity index (χ2v) is 6.17. The maximum atomic E-state index is 13.2. The van der Waals surface area contributed by atoms with Gasteiger partial charge >= 0.3 is 0 Å². The Morgan fingerprint density at radius 2 is 1.72 bits per heavy atom. The highest BCUT2D eigenvalue weighted by Gasteiger charge is 2.17. The van der Waals surface area contributed by atoms with Crippen molar-refractivity contribution in [1.82, 2.24) is 19.2 Å². The first-order valence-electron chi connectivity index (χ1n) is 7.77. The summed E-state index contributed by atoms with van der Waals surface area (Å²) < 4.78 is 3.37. The smallest absolute Gasteiger partial charge is 0.267 e. The molecule has 0 amide bonds. The summed E-state index contributed by atoms with van der Waals surface area (Å²) in [6, 6.07) is 18.5. The Kier molecular flexibility index (Phi) is 2.93. The van der Waals surface area contributed by atoms with Gasteiger partial charge in [0.2, 0.25) is 0 Å². The summed E-state index contributed by atoms with van der Waals surface area (Å²) >= 11 is 6.08. The van der Waals surface area contributed by atoms with Gasteiger partial charge in [0.05, 0.1) is 22.0 Å². The van der Waals surface area contributed by atoms with Gasteiger partial charge in [-0.05, 0) is 42.5 Å². The van der Waals surface area contributed by atoms with Gasteiger partial charge in [0.25, 0.3) is 5.56 Å². The van der Waals surface area contributed by atoms with E-state index in [4.69, 9.17) is 16.6 Å². The van der Waals surface area contributed by atoms with Crippen LogP contribution in [0.15, 0.2) is 71.7 Å². The Morgan fingerprint density at radius 1 is 0.880 bits per heavy atom. The summed E-state index contributed by atoms with van der Waals surface area (Å²) in [5.74, 6) is 0. The number of aromatic nitrogens is 4. The molecule has 6 heteroatoms. The molecule has 0 bridgehead atoms. The van der Waals surface area contributed by atoms with Crippen molar-refractivity contribution >= 4 is 39.2 Å². The van der Waals surface area contributed by atoms with Gasteiger partial charge in [-0.3, -0.25) is 4.79 Å². The van der Waals surface area contributed by atoms with Crippen LogP contribution < -0.4 is 5.56 Å². The third-order valence-corrected chi connectivity index (χ3v) is 4.47. The van der Waals surface area contributed by atoms with Crippen molar-refractivity contribution in [2.75, 3.05) is 0 Å². The van der Waals surface area contributed by atoms with Gasteiger partial charge < -0.3 is 0 Å². The zero-order valence-electron chi connectivity index (χ0n) is 12.9. The molecule has 0 atom stereocenters. The molecule has 0 aliphatic rings. The van der Waals surface area contributed by atoms with E-state index in [1.165, 1.54) is 0 Å². The topological polar surface area (TPSA) is 52.2 Å². The maximum absolute atomic E-state index is 13.2. The number of hydrogen-bond acceptors (Lipinski definition) is 3. The number of halogens is 1. The molecule has 25 heavy (non-hydrogen) atoms. The molecule has 0 unspecified atom stereocenters. The fraction of sp³-hybridized carbons (Fsp3) is 0. The number of pyridine rings is 1. The van der Waals surface area contributed by atoms with Crippen molar-refractivity contribution in [3.05, 3.63) is 82.2 Å². The van der Waals surface area contributed by atoms with E-state index in [1.807, 2.05) is 42.5 Å². The first-order chi connectivity index (χ1) is 12.2. The average molecular weight is 347 g/mol. The number of fused-ring (bicyclic) bond motifs is 4. The van der Waals surface area contributed by atoms with E-state index >= 15 is 0 Å². The van der Waals surface area contributed by atoms with Crippen LogP contribution in [0.1, 0.15) is 0 Å². The van der Waals surface area contributed by atoms with Gasteiger partial charge in [-0.1, -0.05) is 29.8 Å². The molecule has 0 N–H and O–H groups in total. The molecule has 120 valence electrons. The van der Waals surface area contributed by atoms with E-state index in [-0.39, 0.29) is 5.56 Å². The minimum atomic E-state index is -0.154. The Morgan fingerprint density at radius 3 is 2.56 bits per heavy atom. The summed E-state index contributed by atoms with van der Waals surface area (Å²) in [7, 11) is 0. The molecular weight excluding hydrogens is 336 g/mol. The van der Waals surface area contributed by atoms with Gasteiger partial charge in [0.1, 0.15) is 0 Å². The molecular formula is C19H11ClN4O.